The van der Waals surface area contributed by atoms with Gasteiger partial charge in [-0.1, -0.05) is 30.3 Å². The Balaban J connectivity index is 1.83. The van der Waals surface area contributed by atoms with Crippen LogP contribution in [0.15, 0.2) is 41.8 Å². The Morgan fingerprint density at radius 2 is 2.04 bits per heavy atom. The van der Waals surface area contributed by atoms with E-state index in [2.05, 4.69) is 23.6 Å². The SMILES string of the molecule is CCN1CCN(C(=O)CCOC)CC(Cc2ccccc2-c2cccs2)C1=O. The fourth-order valence-corrected chi connectivity index (χ4v) is 4.51. The molecule has 0 aliphatic carbocycles. The molecule has 2 amide bonds. The highest BCUT2D eigenvalue weighted by Crippen LogP contribution is 2.30. The Kier molecular flexibility index (Phi) is 7.23. The van der Waals surface area contributed by atoms with Crippen LogP contribution in [0.1, 0.15) is 18.9 Å². The number of ether oxygens (including phenoxy) is 1. The standard InChI is InChI=1S/C22H28N2O3S/c1-3-23-11-12-24(21(25)10-13-27-2)16-18(22(23)26)15-17-7-4-5-8-19(17)20-9-6-14-28-20/h4-9,14,18H,3,10-13,15-16H2,1-2H3. The molecule has 1 atom stereocenters. The van der Waals surface area contributed by atoms with Gasteiger partial charge in [-0.2, -0.15) is 0 Å². The average Bonchev–Trinajstić information content (AvgIpc) is 3.20. The number of thiophene rings is 1. The third-order valence-electron chi connectivity index (χ3n) is 5.27. The van der Waals surface area contributed by atoms with E-state index in [9.17, 15) is 9.59 Å². The van der Waals surface area contributed by atoms with Gasteiger partial charge in [0.2, 0.25) is 11.8 Å². The highest BCUT2D eigenvalue weighted by molar-refractivity contribution is 7.13. The molecule has 1 unspecified atom stereocenters. The van der Waals surface area contributed by atoms with Crippen LogP contribution in [0.3, 0.4) is 0 Å². The topological polar surface area (TPSA) is 49.9 Å². The first-order valence-corrected chi connectivity index (χ1v) is 10.7. The van der Waals surface area contributed by atoms with Gasteiger partial charge in [-0.05, 0) is 35.9 Å². The number of amides is 2. The smallest absolute Gasteiger partial charge is 0.227 e. The zero-order valence-corrected chi connectivity index (χ0v) is 17.4. The van der Waals surface area contributed by atoms with Crippen LogP contribution in [-0.2, 0) is 20.7 Å². The van der Waals surface area contributed by atoms with Crippen LogP contribution in [0, 0.1) is 5.92 Å². The van der Waals surface area contributed by atoms with Gasteiger partial charge in [0.05, 0.1) is 18.9 Å². The molecular weight excluding hydrogens is 372 g/mol. The van der Waals surface area contributed by atoms with Crippen LogP contribution in [0.25, 0.3) is 10.4 Å². The number of carbonyl (C=O) groups excluding carboxylic acids is 2. The highest BCUT2D eigenvalue weighted by atomic mass is 32.1. The third-order valence-corrected chi connectivity index (χ3v) is 6.17. The van der Waals surface area contributed by atoms with Gasteiger partial charge in [0.15, 0.2) is 0 Å². The van der Waals surface area contributed by atoms with Crippen molar-refractivity contribution in [3.8, 4) is 10.4 Å². The molecule has 3 rings (SSSR count). The van der Waals surface area contributed by atoms with E-state index in [1.807, 2.05) is 34.9 Å². The van der Waals surface area contributed by atoms with E-state index in [4.69, 9.17) is 4.74 Å². The lowest BCUT2D eigenvalue weighted by atomic mass is 9.93. The van der Waals surface area contributed by atoms with E-state index in [1.54, 1.807) is 18.4 Å². The minimum atomic E-state index is -0.227. The van der Waals surface area contributed by atoms with E-state index >= 15 is 0 Å². The van der Waals surface area contributed by atoms with Crippen molar-refractivity contribution in [1.29, 1.82) is 0 Å². The number of benzene rings is 1. The Labute approximate surface area is 170 Å². The molecule has 2 heterocycles. The number of hydrogen-bond donors (Lipinski definition) is 0. The Hall–Kier alpha value is -2.18. The van der Waals surface area contributed by atoms with Crippen molar-refractivity contribution in [2.24, 2.45) is 5.92 Å². The number of rotatable bonds is 7. The molecule has 2 aromatic rings. The molecule has 0 bridgehead atoms. The van der Waals surface area contributed by atoms with Crippen LogP contribution in [0.5, 0.6) is 0 Å². The lowest BCUT2D eigenvalue weighted by Gasteiger charge is -2.24. The van der Waals surface area contributed by atoms with Crippen LogP contribution in [-0.4, -0.2) is 61.5 Å². The maximum absolute atomic E-state index is 13.1. The number of carbonyl (C=O) groups is 2. The van der Waals surface area contributed by atoms with Gasteiger partial charge >= 0.3 is 0 Å². The maximum Gasteiger partial charge on any atom is 0.227 e. The Morgan fingerprint density at radius 1 is 1.21 bits per heavy atom. The minimum Gasteiger partial charge on any atom is -0.384 e. The predicted molar refractivity (Wildman–Crippen MR) is 112 cm³/mol. The number of nitrogens with zero attached hydrogens (tertiary/aromatic N) is 2. The second kappa shape index (κ2) is 9.85. The predicted octanol–water partition coefficient (Wildman–Crippen LogP) is 3.30. The summed E-state index contributed by atoms with van der Waals surface area (Å²) >= 11 is 1.70. The summed E-state index contributed by atoms with van der Waals surface area (Å²) in [6.07, 6.45) is 0.993. The number of likely N-dealkylation sites (N-methyl/N-ethyl adjacent to an activating group) is 1. The minimum absolute atomic E-state index is 0.0594. The van der Waals surface area contributed by atoms with E-state index in [1.165, 1.54) is 10.4 Å². The molecule has 28 heavy (non-hydrogen) atoms. The molecule has 5 nitrogen and oxygen atoms in total. The van der Waals surface area contributed by atoms with Crippen molar-refractivity contribution < 1.29 is 14.3 Å². The van der Waals surface area contributed by atoms with E-state index in [0.29, 0.717) is 45.6 Å². The average molecular weight is 401 g/mol. The van der Waals surface area contributed by atoms with Gasteiger partial charge in [0.1, 0.15) is 0 Å². The zero-order chi connectivity index (χ0) is 19.9. The fourth-order valence-electron chi connectivity index (χ4n) is 3.72. The lowest BCUT2D eigenvalue weighted by molar-refractivity contribution is -0.135. The monoisotopic (exact) mass is 400 g/mol. The summed E-state index contributed by atoms with van der Waals surface area (Å²) in [6.45, 7) is 4.73. The molecule has 0 saturated carbocycles. The molecule has 0 radical (unpaired) electrons. The van der Waals surface area contributed by atoms with Gasteiger partial charge in [-0.3, -0.25) is 9.59 Å². The summed E-state index contributed by atoms with van der Waals surface area (Å²) in [5.74, 6) is -0.0234. The molecular formula is C22H28N2O3S. The van der Waals surface area contributed by atoms with Crippen molar-refractivity contribution in [2.75, 3.05) is 39.9 Å². The zero-order valence-electron chi connectivity index (χ0n) is 16.6. The number of methoxy groups -OCH3 is 1. The molecule has 6 heteroatoms. The quantitative estimate of drug-likeness (QED) is 0.717. The van der Waals surface area contributed by atoms with Crippen LogP contribution in [0.2, 0.25) is 0 Å². The highest BCUT2D eigenvalue weighted by Gasteiger charge is 2.32. The van der Waals surface area contributed by atoms with Crippen LogP contribution >= 0.6 is 11.3 Å². The lowest BCUT2D eigenvalue weighted by Crippen LogP contribution is -2.38. The van der Waals surface area contributed by atoms with Crippen molar-refractivity contribution in [1.82, 2.24) is 9.80 Å². The van der Waals surface area contributed by atoms with Crippen molar-refractivity contribution in [3.63, 3.8) is 0 Å². The summed E-state index contributed by atoms with van der Waals surface area (Å²) in [6, 6.07) is 12.4. The molecule has 1 aliphatic rings. The van der Waals surface area contributed by atoms with E-state index in [0.717, 1.165) is 5.56 Å². The second-order valence-corrected chi connectivity index (χ2v) is 7.98. The molecule has 1 saturated heterocycles. The largest absolute Gasteiger partial charge is 0.384 e. The third kappa shape index (κ3) is 4.80. The molecule has 1 aromatic carbocycles. The summed E-state index contributed by atoms with van der Waals surface area (Å²) in [5.41, 5.74) is 2.33. The van der Waals surface area contributed by atoms with Crippen LogP contribution in [0.4, 0.5) is 0 Å². The fraction of sp³-hybridized carbons (Fsp3) is 0.455. The summed E-state index contributed by atoms with van der Waals surface area (Å²) in [4.78, 5) is 30.6. The molecule has 1 aliphatic heterocycles. The molecule has 0 N–H and O–H groups in total. The molecule has 1 aromatic heterocycles. The van der Waals surface area contributed by atoms with Crippen molar-refractivity contribution in [3.05, 3.63) is 47.3 Å². The van der Waals surface area contributed by atoms with E-state index < -0.39 is 0 Å². The van der Waals surface area contributed by atoms with Gasteiger partial charge < -0.3 is 14.5 Å². The van der Waals surface area contributed by atoms with Gasteiger partial charge in [-0.15, -0.1) is 11.3 Å². The molecule has 1 fully saturated rings. The Morgan fingerprint density at radius 3 is 2.75 bits per heavy atom. The van der Waals surface area contributed by atoms with Gasteiger partial charge in [-0.25, -0.2) is 0 Å². The van der Waals surface area contributed by atoms with Gasteiger partial charge in [0.25, 0.3) is 0 Å². The Bertz CT molecular complexity index is 791. The summed E-state index contributed by atoms with van der Waals surface area (Å²) < 4.78 is 5.05. The van der Waals surface area contributed by atoms with E-state index in [-0.39, 0.29) is 17.7 Å². The summed E-state index contributed by atoms with van der Waals surface area (Å²) in [7, 11) is 1.60. The summed E-state index contributed by atoms with van der Waals surface area (Å²) in [5, 5.41) is 2.07. The first-order chi connectivity index (χ1) is 13.6. The van der Waals surface area contributed by atoms with Crippen molar-refractivity contribution in [2.45, 2.75) is 19.8 Å². The second-order valence-electron chi connectivity index (χ2n) is 7.04. The first-order valence-electron chi connectivity index (χ1n) is 9.81. The first kappa shape index (κ1) is 20.6. The molecule has 0 spiro atoms. The van der Waals surface area contributed by atoms with Crippen LogP contribution < -0.4 is 0 Å². The molecule has 150 valence electrons. The van der Waals surface area contributed by atoms with Crippen molar-refractivity contribution >= 4 is 23.2 Å². The number of hydrogen-bond acceptors (Lipinski definition) is 4. The maximum atomic E-state index is 13.1. The van der Waals surface area contributed by atoms with Gasteiger partial charge in [0, 0.05) is 38.2 Å². The normalized spacial score (nSPS) is 17.6.